The van der Waals surface area contributed by atoms with Crippen molar-refractivity contribution in [1.82, 2.24) is 5.32 Å². The molecule has 31 heavy (non-hydrogen) atoms. The molecule has 0 bridgehead atoms. The summed E-state index contributed by atoms with van der Waals surface area (Å²) < 4.78 is 39.6. The summed E-state index contributed by atoms with van der Waals surface area (Å²) >= 11 is 0. The SMILES string of the molecule is O=C(CCC(=O)c1ccccc1)NCC(c1ccccc1)S(=O)(=O)c1ccc(F)cc1. The van der Waals surface area contributed by atoms with Crippen LogP contribution in [-0.4, -0.2) is 26.7 Å². The van der Waals surface area contributed by atoms with E-state index in [1.807, 2.05) is 0 Å². The Morgan fingerprint density at radius 3 is 2.00 bits per heavy atom. The average Bonchev–Trinajstić information content (AvgIpc) is 2.79. The number of rotatable bonds is 9. The highest BCUT2D eigenvalue weighted by atomic mass is 32.2. The van der Waals surface area contributed by atoms with Crippen LogP contribution in [0.3, 0.4) is 0 Å². The van der Waals surface area contributed by atoms with E-state index in [0.717, 1.165) is 12.1 Å². The van der Waals surface area contributed by atoms with Gasteiger partial charge in [-0.05, 0) is 29.8 Å². The Labute approximate surface area is 180 Å². The summed E-state index contributed by atoms with van der Waals surface area (Å²) in [6.07, 6.45) is -0.0254. The second-order valence-corrected chi connectivity index (χ2v) is 9.12. The van der Waals surface area contributed by atoms with Crippen molar-refractivity contribution in [3.63, 3.8) is 0 Å². The Hall–Kier alpha value is -3.32. The third-order valence-corrected chi connectivity index (χ3v) is 6.96. The molecule has 160 valence electrons. The molecule has 0 spiro atoms. The summed E-state index contributed by atoms with van der Waals surface area (Å²) in [7, 11) is -3.89. The predicted molar refractivity (Wildman–Crippen MR) is 116 cm³/mol. The average molecular weight is 440 g/mol. The first-order valence-corrected chi connectivity index (χ1v) is 11.3. The Morgan fingerprint density at radius 2 is 1.39 bits per heavy atom. The minimum absolute atomic E-state index is 0.0244. The van der Waals surface area contributed by atoms with E-state index in [1.165, 1.54) is 12.1 Å². The third kappa shape index (κ3) is 5.86. The molecule has 0 fully saturated rings. The van der Waals surface area contributed by atoms with Gasteiger partial charge in [0.25, 0.3) is 0 Å². The summed E-state index contributed by atoms with van der Waals surface area (Å²) in [5.41, 5.74) is 1.03. The van der Waals surface area contributed by atoms with E-state index in [9.17, 15) is 22.4 Å². The van der Waals surface area contributed by atoms with Crippen molar-refractivity contribution in [2.24, 2.45) is 0 Å². The van der Waals surface area contributed by atoms with Crippen LogP contribution in [0.5, 0.6) is 0 Å². The van der Waals surface area contributed by atoms with E-state index in [-0.39, 0.29) is 30.1 Å². The summed E-state index contributed by atoms with van der Waals surface area (Å²) in [4.78, 5) is 24.5. The highest BCUT2D eigenvalue weighted by molar-refractivity contribution is 7.91. The van der Waals surface area contributed by atoms with Crippen molar-refractivity contribution in [3.05, 3.63) is 102 Å². The second-order valence-electron chi connectivity index (χ2n) is 6.99. The quantitative estimate of drug-likeness (QED) is 0.402. The number of hydrogen-bond donors (Lipinski definition) is 1. The molecule has 0 aromatic heterocycles. The highest BCUT2D eigenvalue weighted by Crippen LogP contribution is 2.28. The molecule has 0 saturated heterocycles. The summed E-state index contributed by atoms with van der Waals surface area (Å²) in [6, 6.07) is 21.8. The first-order valence-electron chi connectivity index (χ1n) is 9.77. The van der Waals surface area contributed by atoms with Crippen molar-refractivity contribution in [2.45, 2.75) is 23.0 Å². The molecule has 3 aromatic rings. The largest absolute Gasteiger partial charge is 0.354 e. The molecule has 0 aliphatic carbocycles. The summed E-state index contributed by atoms with van der Waals surface area (Å²) in [5.74, 6) is -1.11. The van der Waals surface area contributed by atoms with Gasteiger partial charge in [0.1, 0.15) is 11.1 Å². The number of hydrogen-bond acceptors (Lipinski definition) is 4. The number of benzene rings is 3. The lowest BCUT2D eigenvalue weighted by Crippen LogP contribution is -2.32. The molecule has 1 unspecified atom stereocenters. The zero-order chi connectivity index (χ0) is 22.3. The summed E-state index contributed by atoms with van der Waals surface area (Å²) in [5, 5.41) is 1.58. The number of amides is 1. The van der Waals surface area contributed by atoms with Gasteiger partial charge in [0.2, 0.25) is 5.91 Å². The Morgan fingerprint density at radius 1 is 0.806 bits per heavy atom. The molecule has 0 aliphatic rings. The molecule has 1 atom stereocenters. The van der Waals surface area contributed by atoms with Gasteiger partial charge in [-0.2, -0.15) is 0 Å². The smallest absolute Gasteiger partial charge is 0.220 e. The van der Waals surface area contributed by atoms with E-state index in [0.29, 0.717) is 11.1 Å². The van der Waals surface area contributed by atoms with Gasteiger partial charge in [-0.25, -0.2) is 12.8 Å². The number of halogens is 1. The molecule has 1 N–H and O–H groups in total. The monoisotopic (exact) mass is 439 g/mol. The first-order chi connectivity index (χ1) is 14.9. The number of nitrogens with one attached hydrogen (secondary N) is 1. The normalized spacial score (nSPS) is 12.2. The van der Waals surface area contributed by atoms with Gasteiger partial charge >= 0.3 is 0 Å². The first kappa shape index (κ1) is 22.4. The van der Waals surface area contributed by atoms with Gasteiger partial charge in [0, 0.05) is 24.9 Å². The van der Waals surface area contributed by atoms with E-state index < -0.39 is 26.8 Å². The molecular weight excluding hydrogens is 417 g/mol. The van der Waals surface area contributed by atoms with Crippen molar-refractivity contribution in [2.75, 3.05) is 6.54 Å². The van der Waals surface area contributed by atoms with Crippen LogP contribution in [0.4, 0.5) is 4.39 Å². The number of carbonyl (C=O) groups excluding carboxylic acids is 2. The molecule has 3 aromatic carbocycles. The fraction of sp³-hybridized carbons (Fsp3) is 0.167. The minimum Gasteiger partial charge on any atom is -0.354 e. The summed E-state index contributed by atoms with van der Waals surface area (Å²) in [6.45, 7) is -0.165. The lowest BCUT2D eigenvalue weighted by atomic mass is 10.1. The van der Waals surface area contributed by atoms with Gasteiger partial charge in [-0.1, -0.05) is 60.7 Å². The predicted octanol–water partition coefficient (Wildman–Crippen LogP) is 4.12. The third-order valence-electron chi connectivity index (χ3n) is 4.85. The number of ketones is 1. The minimum atomic E-state index is -3.89. The molecule has 5 nitrogen and oxygen atoms in total. The van der Waals surface area contributed by atoms with Crippen LogP contribution < -0.4 is 5.32 Å². The van der Waals surface area contributed by atoms with E-state index >= 15 is 0 Å². The molecule has 1 amide bonds. The maximum atomic E-state index is 13.2. The van der Waals surface area contributed by atoms with Crippen molar-refractivity contribution < 1.29 is 22.4 Å². The fourth-order valence-corrected chi connectivity index (χ4v) is 4.82. The van der Waals surface area contributed by atoms with Crippen LogP contribution >= 0.6 is 0 Å². The topological polar surface area (TPSA) is 80.3 Å². The van der Waals surface area contributed by atoms with Gasteiger partial charge in [-0.15, -0.1) is 0 Å². The van der Waals surface area contributed by atoms with Crippen LogP contribution in [0.25, 0.3) is 0 Å². The molecular formula is C24H22FNO4S. The number of sulfone groups is 1. The Kier molecular flexibility index (Phi) is 7.31. The Balaban J connectivity index is 1.70. The molecule has 0 aliphatic heterocycles. The molecule has 7 heteroatoms. The van der Waals surface area contributed by atoms with Crippen molar-refractivity contribution in [3.8, 4) is 0 Å². The van der Waals surface area contributed by atoms with Gasteiger partial charge in [0.05, 0.1) is 4.90 Å². The maximum Gasteiger partial charge on any atom is 0.220 e. The number of Topliss-reactive ketones (excluding diaryl/α,β-unsaturated/α-hetero) is 1. The zero-order valence-corrected chi connectivity index (χ0v) is 17.5. The molecule has 0 saturated carbocycles. The standard InChI is InChI=1S/C24H22FNO4S/c25-20-11-13-21(14-12-20)31(29,30)23(19-9-5-2-6-10-19)17-26-24(28)16-15-22(27)18-7-3-1-4-8-18/h1-14,23H,15-17H2,(H,26,28). The van der Waals surface area contributed by atoms with E-state index in [1.54, 1.807) is 60.7 Å². The maximum absolute atomic E-state index is 13.2. The lowest BCUT2D eigenvalue weighted by Gasteiger charge is -2.19. The van der Waals surface area contributed by atoms with Crippen molar-refractivity contribution >= 4 is 21.5 Å². The van der Waals surface area contributed by atoms with Crippen LogP contribution in [0.1, 0.15) is 34.0 Å². The van der Waals surface area contributed by atoms with Crippen LogP contribution in [-0.2, 0) is 14.6 Å². The van der Waals surface area contributed by atoms with Gasteiger partial charge < -0.3 is 5.32 Å². The highest BCUT2D eigenvalue weighted by Gasteiger charge is 2.29. The van der Waals surface area contributed by atoms with Crippen LogP contribution in [0.2, 0.25) is 0 Å². The van der Waals surface area contributed by atoms with E-state index in [2.05, 4.69) is 5.32 Å². The molecule has 3 rings (SSSR count). The van der Waals surface area contributed by atoms with Gasteiger partial charge in [-0.3, -0.25) is 9.59 Å². The number of carbonyl (C=O) groups is 2. The zero-order valence-electron chi connectivity index (χ0n) is 16.7. The fourth-order valence-electron chi connectivity index (χ4n) is 3.15. The van der Waals surface area contributed by atoms with Crippen LogP contribution in [0, 0.1) is 5.82 Å². The van der Waals surface area contributed by atoms with E-state index in [4.69, 9.17) is 0 Å². The molecule has 0 radical (unpaired) electrons. The Bertz CT molecular complexity index is 1130. The second kappa shape index (κ2) is 10.1. The molecule has 0 heterocycles. The lowest BCUT2D eigenvalue weighted by molar-refractivity contribution is -0.121. The van der Waals surface area contributed by atoms with Gasteiger partial charge in [0.15, 0.2) is 15.6 Å². The van der Waals surface area contributed by atoms with Crippen molar-refractivity contribution in [1.29, 1.82) is 0 Å². The van der Waals surface area contributed by atoms with Crippen LogP contribution in [0.15, 0.2) is 89.8 Å².